The predicted molar refractivity (Wildman–Crippen MR) is 59.7 cm³/mol. The third-order valence-electron chi connectivity index (χ3n) is 2.55. The number of nitrogens with one attached hydrogen (secondary N) is 1. The zero-order valence-corrected chi connectivity index (χ0v) is 9.38. The maximum absolute atomic E-state index is 5.75. The molecule has 3 nitrogen and oxygen atoms in total. The van der Waals surface area contributed by atoms with E-state index in [-0.39, 0.29) is 6.04 Å². The summed E-state index contributed by atoms with van der Waals surface area (Å²) in [6.07, 6.45) is 0.900. The minimum Gasteiger partial charge on any atom is -0.454 e. The van der Waals surface area contributed by atoms with Gasteiger partial charge in [-0.2, -0.15) is 0 Å². The Morgan fingerprint density at radius 2 is 2.20 bits per heavy atom. The van der Waals surface area contributed by atoms with Crippen molar-refractivity contribution in [2.75, 3.05) is 19.7 Å². The summed E-state index contributed by atoms with van der Waals surface area (Å²) in [6, 6.07) is 6.27. The molecule has 1 aliphatic rings. The average Bonchev–Trinajstić information content (AvgIpc) is 2.72. The van der Waals surface area contributed by atoms with Gasteiger partial charge in [0.15, 0.2) is 11.5 Å². The van der Waals surface area contributed by atoms with Crippen molar-refractivity contribution in [2.24, 2.45) is 0 Å². The van der Waals surface area contributed by atoms with E-state index in [0.717, 1.165) is 17.9 Å². The van der Waals surface area contributed by atoms with Gasteiger partial charge in [0.2, 0.25) is 6.79 Å². The van der Waals surface area contributed by atoms with Crippen LogP contribution in [0.25, 0.3) is 0 Å². The first-order valence-corrected chi connectivity index (χ1v) is 5.51. The second-order valence-electron chi connectivity index (χ2n) is 3.43. The molecule has 2 rings (SSSR count). The van der Waals surface area contributed by atoms with Crippen molar-refractivity contribution in [2.45, 2.75) is 12.5 Å². The highest BCUT2D eigenvalue weighted by Gasteiger charge is 2.16. The predicted octanol–water partition coefficient (Wildman–Crippen LogP) is 2.30. The van der Waals surface area contributed by atoms with Crippen molar-refractivity contribution < 1.29 is 9.47 Å². The standard InChI is InChI=1S/C11H14ClNO2/c1-13-9(4-5-12)8-2-3-10-11(6-8)15-7-14-10/h2-3,6,9,13H,4-5,7H2,1H3. The number of halogens is 1. The van der Waals surface area contributed by atoms with Crippen molar-refractivity contribution in [1.82, 2.24) is 5.32 Å². The SMILES string of the molecule is CNC(CCCl)c1ccc2c(c1)OCO2. The number of benzene rings is 1. The van der Waals surface area contributed by atoms with Crippen LogP contribution in [-0.4, -0.2) is 19.7 Å². The van der Waals surface area contributed by atoms with Crippen LogP contribution < -0.4 is 14.8 Å². The minimum absolute atomic E-state index is 0.275. The summed E-state index contributed by atoms with van der Waals surface area (Å²) in [5.74, 6) is 2.28. The van der Waals surface area contributed by atoms with Crippen LogP contribution in [0.4, 0.5) is 0 Å². The second-order valence-corrected chi connectivity index (χ2v) is 3.81. The highest BCUT2D eigenvalue weighted by molar-refractivity contribution is 6.17. The van der Waals surface area contributed by atoms with Crippen LogP contribution in [0.2, 0.25) is 0 Å². The topological polar surface area (TPSA) is 30.5 Å². The molecule has 0 amide bonds. The molecule has 0 saturated heterocycles. The van der Waals surface area contributed by atoms with E-state index in [1.165, 1.54) is 5.56 Å². The lowest BCUT2D eigenvalue weighted by molar-refractivity contribution is 0.174. The van der Waals surface area contributed by atoms with Gasteiger partial charge in [-0.05, 0) is 31.2 Å². The Morgan fingerprint density at radius 3 is 2.93 bits per heavy atom. The van der Waals surface area contributed by atoms with Crippen molar-refractivity contribution in [3.05, 3.63) is 23.8 Å². The molecule has 1 aliphatic heterocycles. The number of rotatable bonds is 4. The van der Waals surface area contributed by atoms with Gasteiger partial charge < -0.3 is 14.8 Å². The second kappa shape index (κ2) is 4.73. The highest BCUT2D eigenvalue weighted by atomic mass is 35.5. The van der Waals surface area contributed by atoms with E-state index in [2.05, 4.69) is 5.32 Å². The smallest absolute Gasteiger partial charge is 0.231 e. The van der Waals surface area contributed by atoms with Crippen molar-refractivity contribution >= 4 is 11.6 Å². The molecule has 0 radical (unpaired) electrons. The van der Waals surface area contributed by atoms with Crippen LogP contribution in [0.5, 0.6) is 11.5 Å². The molecule has 0 aromatic heterocycles. The number of hydrogen-bond donors (Lipinski definition) is 1. The molecular weight excluding hydrogens is 214 g/mol. The van der Waals surface area contributed by atoms with Crippen LogP contribution >= 0.6 is 11.6 Å². The van der Waals surface area contributed by atoms with Crippen LogP contribution in [-0.2, 0) is 0 Å². The van der Waals surface area contributed by atoms with Gasteiger partial charge in [0.25, 0.3) is 0 Å². The molecule has 82 valence electrons. The van der Waals surface area contributed by atoms with Crippen molar-refractivity contribution in [1.29, 1.82) is 0 Å². The molecule has 1 unspecified atom stereocenters. The molecule has 0 fully saturated rings. The third-order valence-corrected chi connectivity index (χ3v) is 2.76. The largest absolute Gasteiger partial charge is 0.454 e. The fraction of sp³-hybridized carbons (Fsp3) is 0.455. The Kier molecular flexibility index (Phi) is 3.34. The number of hydrogen-bond acceptors (Lipinski definition) is 3. The molecule has 4 heteroatoms. The van der Waals surface area contributed by atoms with Gasteiger partial charge in [0, 0.05) is 11.9 Å². The Hall–Kier alpha value is -0.930. The zero-order chi connectivity index (χ0) is 10.7. The molecular formula is C11H14ClNO2. The molecule has 1 N–H and O–H groups in total. The summed E-state index contributed by atoms with van der Waals surface area (Å²) < 4.78 is 10.6. The van der Waals surface area contributed by atoms with Gasteiger partial charge >= 0.3 is 0 Å². The van der Waals surface area contributed by atoms with Gasteiger partial charge in [-0.1, -0.05) is 6.07 Å². The van der Waals surface area contributed by atoms with Crippen LogP contribution in [0, 0.1) is 0 Å². The van der Waals surface area contributed by atoms with Gasteiger partial charge in [-0.25, -0.2) is 0 Å². The maximum atomic E-state index is 5.75. The van der Waals surface area contributed by atoms with Crippen LogP contribution in [0.15, 0.2) is 18.2 Å². The first-order valence-electron chi connectivity index (χ1n) is 4.98. The monoisotopic (exact) mass is 227 g/mol. The van der Waals surface area contributed by atoms with Gasteiger partial charge in [-0.3, -0.25) is 0 Å². The van der Waals surface area contributed by atoms with E-state index >= 15 is 0 Å². The summed E-state index contributed by atoms with van der Waals surface area (Å²) >= 11 is 5.75. The Labute approximate surface area is 94.3 Å². The summed E-state index contributed by atoms with van der Waals surface area (Å²) in [7, 11) is 1.93. The fourth-order valence-corrected chi connectivity index (χ4v) is 1.93. The van der Waals surface area contributed by atoms with Crippen LogP contribution in [0.3, 0.4) is 0 Å². The van der Waals surface area contributed by atoms with Crippen molar-refractivity contribution in [3.8, 4) is 11.5 Å². The molecule has 1 aromatic carbocycles. The molecule has 0 bridgehead atoms. The summed E-state index contributed by atoms with van der Waals surface area (Å²) in [6.45, 7) is 0.318. The molecule has 1 atom stereocenters. The lowest BCUT2D eigenvalue weighted by Crippen LogP contribution is -2.16. The van der Waals surface area contributed by atoms with E-state index in [0.29, 0.717) is 12.7 Å². The van der Waals surface area contributed by atoms with Crippen molar-refractivity contribution in [3.63, 3.8) is 0 Å². The average molecular weight is 228 g/mol. The van der Waals surface area contributed by atoms with E-state index < -0.39 is 0 Å². The number of ether oxygens (including phenoxy) is 2. The first-order chi connectivity index (χ1) is 7.35. The lowest BCUT2D eigenvalue weighted by Gasteiger charge is -2.15. The quantitative estimate of drug-likeness (QED) is 0.801. The Bertz CT molecular complexity index is 343. The molecule has 0 spiro atoms. The zero-order valence-electron chi connectivity index (χ0n) is 8.63. The molecule has 15 heavy (non-hydrogen) atoms. The molecule has 1 heterocycles. The van der Waals surface area contributed by atoms with E-state index in [4.69, 9.17) is 21.1 Å². The molecule has 1 aromatic rings. The third kappa shape index (κ3) is 2.19. The van der Waals surface area contributed by atoms with Gasteiger partial charge in [0.05, 0.1) is 0 Å². The first kappa shape index (κ1) is 10.6. The lowest BCUT2D eigenvalue weighted by atomic mass is 10.0. The van der Waals surface area contributed by atoms with Gasteiger partial charge in [-0.15, -0.1) is 11.6 Å². The summed E-state index contributed by atoms with van der Waals surface area (Å²) in [5, 5.41) is 3.23. The Balaban J connectivity index is 2.20. The van der Waals surface area contributed by atoms with Gasteiger partial charge in [0.1, 0.15) is 0 Å². The minimum atomic E-state index is 0.275. The highest BCUT2D eigenvalue weighted by Crippen LogP contribution is 2.34. The van der Waals surface area contributed by atoms with E-state index in [1.807, 2.05) is 25.2 Å². The molecule has 0 saturated carbocycles. The summed E-state index contributed by atoms with van der Waals surface area (Å²) in [4.78, 5) is 0. The molecule has 0 aliphatic carbocycles. The maximum Gasteiger partial charge on any atom is 0.231 e. The Morgan fingerprint density at radius 1 is 1.40 bits per heavy atom. The summed E-state index contributed by atoms with van der Waals surface area (Å²) in [5.41, 5.74) is 1.18. The fourth-order valence-electron chi connectivity index (χ4n) is 1.72. The van der Waals surface area contributed by atoms with E-state index in [1.54, 1.807) is 0 Å². The number of fused-ring (bicyclic) bond motifs is 1. The van der Waals surface area contributed by atoms with Crippen LogP contribution in [0.1, 0.15) is 18.0 Å². The normalized spacial score (nSPS) is 15.3. The number of alkyl halides is 1. The van der Waals surface area contributed by atoms with E-state index in [9.17, 15) is 0 Å².